The molecule has 4 nitrogen and oxygen atoms in total. The molecule has 3 rings (SSSR count). The molecule has 0 amide bonds. The van der Waals surface area contributed by atoms with Crippen LogP contribution in [0.2, 0.25) is 0 Å². The van der Waals surface area contributed by atoms with Crippen LogP contribution in [0, 0.1) is 0 Å². The summed E-state index contributed by atoms with van der Waals surface area (Å²) in [5, 5.41) is 9.40. The molecule has 1 fully saturated rings. The summed E-state index contributed by atoms with van der Waals surface area (Å²) in [7, 11) is 0. The van der Waals surface area contributed by atoms with Gasteiger partial charge < -0.3 is 9.52 Å². The van der Waals surface area contributed by atoms with Crippen molar-refractivity contribution in [2.75, 3.05) is 19.7 Å². The van der Waals surface area contributed by atoms with Crippen LogP contribution in [0.3, 0.4) is 0 Å². The fourth-order valence-corrected chi connectivity index (χ4v) is 3.02. The largest absolute Gasteiger partial charge is 0.441 e. The van der Waals surface area contributed by atoms with Crippen molar-refractivity contribution in [3.63, 3.8) is 0 Å². The molecular weight excluding hydrogens is 252 g/mol. The summed E-state index contributed by atoms with van der Waals surface area (Å²) in [6.45, 7) is 2.41. The number of benzene rings is 1. The first-order valence-electron chi connectivity index (χ1n) is 7.56. The lowest BCUT2D eigenvalue weighted by Gasteiger charge is -2.34. The van der Waals surface area contributed by atoms with Crippen molar-refractivity contribution in [2.24, 2.45) is 0 Å². The number of hydrogen-bond acceptors (Lipinski definition) is 4. The summed E-state index contributed by atoms with van der Waals surface area (Å²) >= 11 is 0. The van der Waals surface area contributed by atoms with Crippen LogP contribution in [0.5, 0.6) is 0 Å². The number of piperidine rings is 1. The third-order valence-corrected chi connectivity index (χ3v) is 4.13. The van der Waals surface area contributed by atoms with Crippen molar-refractivity contribution in [2.45, 2.75) is 38.1 Å². The Morgan fingerprint density at radius 1 is 1.30 bits per heavy atom. The van der Waals surface area contributed by atoms with Gasteiger partial charge >= 0.3 is 0 Å². The van der Waals surface area contributed by atoms with Crippen LogP contribution in [0.15, 0.2) is 28.7 Å². The quantitative estimate of drug-likeness (QED) is 0.910. The summed E-state index contributed by atoms with van der Waals surface area (Å²) in [5.41, 5.74) is 1.81. The number of aromatic nitrogens is 1. The normalized spacial score (nSPS) is 20.6. The highest BCUT2D eigenvalue weighted by Gasteiger charge is 2.21. The van der Waals surface area contributed by atoms with Crippen LogP contribution >= 0.6 is 0 Å². The number of likely N-dealkylation sites (tertiary alicyclic amines) is 1. The van der Waals surface area contributed by atoms with Crippen molar-refractivity contribution in [1.29, 1.82) is 0 Å². The molecule has 0 bridgehead atoms. The Balaban J connectivity index is 1.54. The van der Waals surface area contributed by atoms with Crippen molar-refractivity contribution in [3.05, 3.63) is 30.2 Å². The standard InChI is InChI=1S/C16H22N2O2/c19-12-13-6-3-4-10-18(13)11-5-9-16-17-14-7-1-2-8-15(14)20-16/h1-2,7-8,13,19H,3-6,9-12H2. The Hall–Kier alpha value is -1.39. The summed E-state index contributed by atoms with van der Waals surface area (Å²) in [6, 6.07) is 8.24. The maximum Gasteiger partial charge on any atom is 0.195 e. The van der Waals surface area contributed by atoms with Gasteiger partial charge in [-0.25, -0.2) is 4.98 Å². The lowest BCUT2D eigenvalue weighted by atomic mass is 10.0. The van der Waals surface area contributed by atoms with Gasteiger partial charge in [0.2, 0.25) is 0 Å². The van der Waals surface area contributed by atoms with Crippen molar-refractivity contribution in [1.82, 2.24) is 9.88 Å². The van der Waals surface area contributed by atoms with Crippen LogP contribution in [-0.2, 0) is 6.42 Å². The Bertz CT molecular complexity index is 519. The molecule has 0 spiro atoms. The zero-order chi connectivity index (χ0) is 13.8. The second-order valence-corrected chi connectivity index (χ2v) is 5.55. The van der Waals surface area contributed by atoms with E-state index in [0.717, 1.165) is 49.3 Å². The van der Waals surface area contributed by atoms with Crippen molar-refractivity contribution in [3.8, 4) is 0 Å². The van der Waals surface area contributed by atoms with E-state index < -0.39 is 0 Å². The van der Waals surface area contributed by atoms with Gasteiger partial charge in [-0.3, -0.25) is 4.90 Å². The number of fused-ring (bicyclic) bond motifs is 1. The molecule has 1 atom stereocenters. The molecule has 4 heteroatoms. The zero-order valence-electron chi connectivity index (χ0n) is 11.8. The molecule has 1 aromatic carbocycles. The third-order valence-electron chi connectivity index (χ3n) is 4.13. The highest BCUT2D eigenvalue weighted by atomic mass is 16.3. The molecular formula is C16H22N2O2. The highest BCUT2D eigenvalue weighted by Crippen LogP contribution is 2.19. The van der Waals surface area contributed by atoms with E-state index in [4.69, 9.17) is 4.42 Å². The lowest BCUT2D eigenvalue weighted by Crippen LogP contribution is -2.42. The van der Waals surface area contributed by atoms with Gasteiger partial charge in [-0.15, -0.1) is 0 Å². The maximum absolute atomic E-state index is 9.40. The van der Waals surface area contributed by atoms with E-state index in [0.29, 0.717) is 6.04 Å². The fourth-order valence-electron chi connectivity index (χ4n) is 3.02. The van der Waals surface area contributed by atoms with Crippen LogP contribution in [0.25, 0.3) is 11.1 Å². The Morgan fingerprint density at radius 2 is 2.20 bits per heavy atom. The average Bonchev–Trinajstić information content (AvgIpc) is 2.90. The van der Waals surface area contributed by atoms with E-state index in [-0.39, 0.29) is 6.61 Å². The number of para-hydroxylation sites is 2. The van der Waals surface area contributed by atoms with Gasteiger partial charge in [0.05, 0.1) is 6.61 Å². The second-order valence-electron chi connectivity index (χ2n) is 5.55. The van der Waals surface area contributed by atoms with Gasteiger partial charge in [0.15, 0.2) is 11.5 Å². The number of aliphatic hydroxyl groups is 1. The van der Waals surface area contributed by atoms with E-state index in [1.54, 1.807) is 0 Å². The Labute approximate surface area is 119 Å². The first kappa shape index (κ1) is 13.6. The molecule has 2 aromatic rings. The van der Waals surface area contributed by atoms with Gasteiger partial charge in [-0.2, -0.15) is 0 Å². The van der Waals surface area contributed by atoms with Crippen LogP contribution < -0.4 is 0 Å². The molecule has 1 aromatic heterocycles. The predicted molar refractivity (Wildman–Crippen MR) is 78.6 cm³/mol. The molecule has 0 radical (unpaired) electrons. The fraction of sp³-hybridized carbons (Fsp3) is 0.562. The van der Waals surface area contributed by atoms with Crippen molar-refractivity contribution >= 4 is 11.1 Å². The molecule has 108 valence electrons. The first-order valence-corrected chi connectivity index (χ1v) is 7.56. The summed E-state index contributed by atoms with van der Waals surface area (Å²) < 4.78 is 5.73. The Morgan fingerprint density at radius 3 is 3.05 bits per heavy atom. The molecule has 20 heavy (non-hydrogen) atoms. The number of aliphatic hydroxyl groups excluding tert-OH is 1. The van der Waals surface area contributed by atoms with Crippen molar-refractivity contribution < 1.29 is 9.52 Å². The second kappa shape index (κ2) is 6.37. The minimum absolute atomic E-state index is 0.281. The number of hydrogen-bond donors (Lipinski definition) is 1. The Kier molecular flexibility index (Phi) is 4.33. The molecule has 1 aliphatic heterocycles. The van der Waals surface area contributed by atoms with Crippen LogP contribution in [0.4, 0.5) is 0 Å². The minimum Gasteiger partial charge on any atom is -0.441 e. The third kappa shape index (κ3) is 3.02. The van der Waals surface area contributed by atoms with Gasteiger partial charge in [-0.1, -0.05) is 18.6 Å². The van der Waals surface area contributed by atoms with E-state index in [2.05, 4.69) is 9.88 Å². The zero-order valence-corrected chi connectivity index (χ0v) is 11.8. The van der Waals surface area contributed by atoms with Gasteiger partial charge in [0.25, 0.3) is 0 Å². The van der Waals surface area contributed by atoms with Gasteiger partial charge in [0, 0.05) is 12.5 Å². The first-order chi connectivity index (χ1) is 9.86. The maximum atomic E-state index is 9.40. The summed E-state index contributed by atoms with van der Waals surface area (Å²) in [6.07, 6.45) is 5.51. The molecule has 1 saturated heterocycles. The smallest absolute Gasteiger partial charge is 0.195 e. The minimum atomic E-state index is 0.281. The molecule has 2 heterocycles. The van der Waals surface area contributed by atoms with Gasteiger partial charge in [-0.05, 0) is 44.5 Å². The number of nitrogens with zero attached hydrogens (tertiary/aromatic N) is 2. The molecule has 0 aliphatic carbocycles. The monoisotopic (exact) mass is 274 g/mol. The molecule has 1 unspecified atom stereocenters. The number of oxazole rings is 1. The molecule has 0 saturated carbocycles. The van der Waals surface area contributed by atoms with E-state index in [1.807, 2.05) is 24.3 Å². The SMILES string of the molecule is OCC1CCCCN1CCCc1nc2ccccc2o1. The molecule has 1 aliphatic rings. The summed E-state index contributed by atoms with van der Waals surface area (Å²) in [5.74, 6) is 0.823. The molecule has 1 N–H and O–H groups in total. The van der Waals surface area contributed by atoms with Crippen LogP contribution in [-0.4, -0.2) is 40.7 Å². The average molecular weight is 274 g/mol. The van der Waals surface area contributed by atoms with E-state index in [9.17, 15) is 5.11 Å². The van der Waals surface area contributed by atoms with Gasteiger partial charge in [0.1, 0.15) is 5.52 Å². The topological polar surface area (TPSA) is 49.5 Å². The lowest BCUT2D eigenvalue weighted by molar-refractivity contribution is 0.0890. The number of rotatable bonds is 5. The van der Waals surface area contributed by atoms with Crippen LogP contribution in [0.1, 0.15) is 31.6 Å². The summed E-state index contributed by atoms with van der Waals surface area (Å²) in [4.78, 5) is 6.91. The predicted octanol–water partition coefficient (Wildman–Crippen LogP) is 2.61. The highest BCUT2D eigenvalue weighted by molar-refractivity contribution is 5.72. The number of aryl methyl sites for hydroxylation is 1. The van der Waals surface area contributed by atoms with E-state index >= 15 is 0 Å². The van der Waals surface area contributed by atoms with E-state index in [1.165, 1.54) is 12.8 Å².